The lowest BCUT2D eigenvalue weighted by Gasteiger charge is -2.41. The summed E-state index contributed by atoms with van der Waals surface area (Å²) in [6.45, 7) is 3.50. The molecule has 0 aliphatic carbocycles. The minimum atomic E-state index is -5.04. The molecule has 12 nitrogen and oxygen atoms in total. The first-order valence-electron chi connectivity index (χ1n) is 16.1. The van der Waals surface area contributed by atoms with Crippen molar-refractivity contribution in [3.63, 3.8) is 0 Å². The number of ether oxygens (including phenoxy) is 4. The van der Waals surface area contributed by atoms with E-state index in [1.807, 2.05) is 6.92 Å². The highest BCUT2D eigenvalue weighted by Gasteiger charge is 2.48. The van der Waals surface area contributed by atoms with Gasteiger partial charge in [-0.25, -0.2) is 4.18 Å². The summed E-state index contributed by atoms with van der Waals surface area (Å²) in [5, 5.41) is 30.1. The Labute approximate surface area is 263 Å². The lowest BCUT2D eigenvalue weighted by Crippen LogP contribution is -2.60. The zero-order valence-corrected chi connectivity index (χ0v) is 27.3. The van der Waals surface area contributed by atoms with Crippen LogP contribution in [0.1, 0.15) is 104 Å². The zero-order chi connectivity index (χ0) is 32.6. The van der Waals surface area contributed by atoms with Crippen LogP contribution in [0.3, 0.4) is 0 Å². The summed E-state index contributed by atoms with van der Waals surface area (Å²) < 4.78 is 57.7. The van der Waals surface area contributed by atoms with Gasteiger partial charge in [0.25, 0.3) is 0 Å². The molecule has 0 spiro atoms. The number of hydrogen-bond donors (Lipinski definition) is 4. The molecule has 0 radical (unpaired) electrons. The summed E-state index contributed by atoms with van der Waals surface area (Å²) in [6.07, 6.45) is 14.1. The van der Waals surface area contributed by atoms with Crippen molar-refractivity contribution < 1.29 is 56.2 Å². The summed E-state index contributed by atoms with van der Waals surface area (Å²) in [5.74, 6) is -0.459. The van der Waals surface area contributed by atoms with E-state index in [9.17, 15) is 28.5 Å². The van der Waals surface area contributed by atoms with Crippen LogP contribution in [-0.4, -0.2) is 97.5 Å². The highest BCUT2D eigenvalue weighted by atomic mass is 32.3. The number of carbonyl (C=O) groups is 1. The first-order chi connectivity index (χ1) is 21.1. The van der Waals surface area contributed by atoms with Gasteiger partial charge in [0, 0.05) is 13.0 Å². The smallest absolute Gasteiger partial charge is 0.397 e. The van der Waals surface area contributed by atoms with Crippen LogP contribution in [0, 0.1) is 0 Å². The number of allylic oxidation sites excluding steroid dienone is 4. The molecule has 4 N–H and O–H groups in total. The molecule has 13 heteroatoms. The Hall–Kier alpha value is -1.42. The maximum Gasteiger partial charge on any atom is 0.397 e. The molecule has 0 saturated carbocycles. The molecule has 44 heavy (non-hydrogen) atoms. The van der Waals surface area contributed by atoms with E-state index in [0.717, 1.165) is 38.5 Å². The van der Waals surface area contributed by atoms with Crippen molar-refractivity contribution in [2.24, 2.45) is 0 Å². The second kappa shape index (κ2) is 24.8. The molecule has 258 valence electrons. The molecule has 0 bridgehead atoms. The average Bonchev–Trinajstić information content (AvgIpc) is 2.97. The number of rotatable bonds is 26. The minimum Gasteiger partial charge on any atom is -0.457 e. The van der Waals surface area contributed by atoms with Gasteiger partial charge in [-0.15, -0.1) is 0 Å². The molecule has 6 atom stereocenters. The van der Waals surface area contributed by atoms with Crippen molar-refractivity contribution in [2.45, 2.75) is 141 Å². The van der Waals surface area contributed by atoms with E-state index in [2.05, 4.69) is 35.4 Å². The summed E-state index contributed by atoms with van der Waals surface area (Å²) in [7, 11) is -5.04. The van der Waals surface area contributed by atoms with Crippen LogP contribution in [0.25, 0.3) is 0 Å². The molecule has 1 aliphatic heterocycles. The molecule has 6 unspecified atom stereocenters. The normalized spacial score (nSPS) is 23.5. The van der Waals surface area contributed by atoms with Crippen LogP contribution < -0.4 is 0 Å². The van der Waals surface area contributed by atoms with Crippen LogP contribution in [0.5, 0.6) is 0 Å². The van der Waals surface area contributed by atoms with Gasteiger partial charge in [0.15, 0.2) is 6.29 Å². The number of aliphatic hydroxyl groups is 3. The predicted octanol–water partition coefficient (Wildman–Crippen LogP) is 4.17. The van der Waals surface area contributed by atoms with Crippen LogP contribution >= 0.6 is 0 Å². The quantitative estimate of drug-likeness (QED) is 0.0454. The Kier molecular flexibility index (Phi) is 22.9. The third-order valence-corrected chi connectivity index (χ3v) is 7.51. The van der Waals surface area contributed by atoms with Gasteiger partial charge in [-0.2, -0.15) is 8.42 Å². The van der Waals surface area contributed by atoms with Gasteiger partial charge >= 0.3 is 16.4 Å². The number of carbonyl (C=O) groups excluding carboxylic acids is 1. The molecule has 1 fully saturated rings. The number of aliphatic hydroxyl groups excluding tert-OH is 3. The predicted molar refractivity (Wildman–Crippen MR) is 165 cm³/mol. The van der Waals surface area contributed by atoms with Crippen molar-refractivity contribution in [2.75, 3.05) is 26.4 Å². The maximum atomic E-state index is 12.1. The summed E-state index contributed by atoms with van der Waals surface area (Å²) >= 11 is 0. The molecular weight excluding hydrogens is 596 g/mol. The fourth-order valence-corrected chi connectivity index (χ4v) is 5.13. The first-order valence-corrected chi connectivity index (χ1v) is 17.5. The third kappa shape index (κ3) is 19.2. The fraction of sp³-hybridized carbons (Fsp3) is 0.839. The molecule has 1 saturated heterocycles. The van der Waals surface area contributed by atoms with Crippen LogP contribution in [-0.2, 0) is 38.3 Å². The zero-order valence-electron chi connectivity index (χ0n) is 26.5. The van der Waals surface area contributed by atoms with Crippen molar-refractivity contribution in [1.82, 2.24) is 0 Å². The fourth-order valence-electron chi connectivity index (χ4n) is 4.62. The van der Waals surface area contributed by atoms with Crippen molar-refractivity contribution in [1.29, 1.82) is 0 Å². The van der Waals surface area contributed by atoms with Gasteiger partial charge < -0.3 is 34.3 Å². The lowest BCUT2D eigenvalue weighted by atomic mass is 9.99. The minimum absolute atomic E-state index is 0.0233. The maximum absolute atomic E-state index is 12.1. The Morgan fingerprint density at radius 1 is 0.864 bits per heavy atom. The van der Waals surface area contributed by atoms with Crippen molar-refractivity contribution >= 4 is 16.4 Å². The molecule has 0 aromatic carbocycles. The largest absolute Gasteiger partial charge is 0.457 e. The standard InChI is InChI=1S/C31H56O12S/c1-3-5-6-7-8-9-10-11-12-13-14-15-16-17-18-19-21-39-23-25(41-27(33)20-4-2)24-40-31-29(35)30(43-44(36,37)38)28(34)26(22-32)42-31/h8-9,11-12,25-26,28-32,34-35H,3-7,10,13-24H2,1-2H3,(H,36,37,38)/b9-8-,12-11-. The topological polar surface area (TPSA) is 178 Å². The van der Waals surface area contributed by atoms with E-state index in [4.69, 9.17) is 23.5 Å². The van der Waals surface area contributed by atoms with Gasteiger partial charge in [0.05, 0.1) is 19.8 Å². The van der Waals surface area contributed by atoms with E-state index in [1.54, 1.807) is 0 Å². The number of esters is 1. The van der Waals surface area contributed by atoms with Crippen molar-refractivity contribution in [3.05, 3.63) is 24.3 Å². The summed E-state index contributed by atoms with van der Waals surface area (Å²) in [4.78, 5) is 12.1. The molecule has 0 aromatic rings. The molecule has 0 amide bonds. The van der Waals surface area contributed by atoms with E-state index in [0.29, 0.717) is 13.0 Å². The highest BCUT2D eigenvalue weighted by Crippen LogP contribution is 2.25. The molecular formula is C31H56O12S. The number of unbranched alkanes of at least 4 members (excludes halogenated alkanes) is 9. The SMILES string of the molecule is CCCCC/C=C\C/C=C\CCCCCCCCOCC(COC1OC(CO)C(O)C(OS(=O)(=O)O)C1O)OC(=O)CCC. The molecule has 1 heterocycles. The second-order valence-corrected chi connectivity index (χ2v) is 12.1. The van der Waals surface area contributed by atoms with Gasteiger partial charge in [0.2, 0.25) is 0 Å². The summed E-state index contributed by atoms with van der Waals surface area (Å²) in [5.41, 5.74) is 0. The van der Waals surface area contributed by atoms with Gasteiger partial charge in [0.1, 0.15) is 30.5 Å². The second-order valence-electron chi connectivity index (χ2n) is 11.0. The third-order valence-electron chi connectivity index (χ3n) is 7.05. The highest BCUT2D eigenvalue weighted by molar-refractivity contribution is 7.80. The lowest BCUT2D eigenvalue weighted by molar-refractivity contribution is -0.301. The van der Waals surface area contributed by atoms with E-state index in [-0.39, 0.29) is 19.6 Å². The Morgan fingerprint density at radius 2 is 1.50 bits per heavy atom. The Bertz CT molecular complexity index is 894. The Balaban J connectivity index is 2.34. The van der Waals surface area contributed by atoms with Gasteiger partial charge in [-0.3, -0.25) is 9.35 Å². The molecule has 0 aromatic heterocycles. The molecule has 1 rings (SSSR count). The van der Waals surface area contributed by atoms with E-state index < -0.39 is 59.8 Å². The van der Waals surface area contributed by atoms with Gasteiger partial charge in [-0.1, -0.05) is 76.7 Å². The van der Waals surface area contributed by atoms with Crippen molar-refractivity contribution in [3.8, 4) is 0 Å². The van der Waals surface area contributed by atoms with Crippen LogP contribution in [0.2, 0.25) is 0 Å². The molecule has 1 aliphatic rings. The van der Waals surface area contributed by atoms with Crippen LogP contribution in [0.15, 0.2) is 24.3 Å². The monoisotopic (exact) mass is 652 g/mol. The summed E-state index contributed by atoms with van der Waals surface area (Å²) in [6, 6.07) is 0. The van der Waals surface area contributed by atoms with E-state index >= 15 is 0 Å². The van der Waals surface area contributed by atoms with E-state index in [1.165, 1.54) is 38.5 Å². The van der Waals surface area contributed by atoms with Crippen LogP contribution in [0.4, 0.5) is 0 Å². The Morgan fingerprint density at radius 3 is 2.11 bits per heavy atom. The van der Waals surface area contributed by atoms with Gasteiger partial charge in [-0.05, 0) is 44.9 Å². The average molecular weight is 653 g/mol. The number of hydrogen-bond acceptors (Lipinski definition) is 11. The first kappa shape index (κ1) is 40.6.